The van der Waals surface area contributed by atoms with E-state index in [0.717, 1.165) is 43.7 Å². The van der Waals surface area contributed by atoms with Gasteiger partial charge in [0.1, 0.15) is 10.8 Å². The molecule has 1 fully saturated rings. The van der Waals surface area contributed by atoms with E-state index in [4.69, 9.17) is 4.74 Å². The van der Waals surface area contributed by atoms with Crippen molar-refractivity contribution in [2.24, 2.45) is 5.92 Å². The van der Waals surface area contributed by atoms with Gasteiger partial charge in [-0.3, -0.25) is 9.59 Å². The average Bonchev–Trinajstić information content (AvgIpc) is 3.29. The number of hydrogen-bond acceptors (Lipinski definition) is 4. The van der Waals surface area contributed by atoms with Gasteiger partial charge < -0.3 is 20.3 Å². The summed E-state index contributed by atoms with van der Waals surface area (Å²) in [5.74, 6) is 1.25. The number of nitrogens with one attached hydrogen (secondary N) is 3. The van der Waals surface area contributed by atoms with E-state index < -0.39 is 0 Å². The fraction of sp³-hybridized carbons (Fsp3) is 0.478. The molecule has 2 atom stereocenters. The molecule has 160 valence electrons. The molecule has 30 heavy (non-hydrogen) atoms. The number of fused-ring (bicyclic) bond motifs is 1. The number of amides is 2. The van der Waals surface area contributed by atoms with Crippen molar-refractivity contribution in [2.45, 2.75) is 39.0 Å². The summed E-state index contributed by atoms with van der Waals surface area (Å²) in [5, 5.41) is 6.74. The minimum atomic E-state index is -0.159. The number of anilines is 2. The SMILES string of the molecule is COc1ccc(NC(=O)c2c(NC(=O)C[NH+]3CCC[C@H](C)C3)sc3c2CCC3)cc1. The summed E-state index contributed by atoms with van der Waals surface area (Å²) in [5.41, 5.74) is 2.45. The lowest BCUT2D eigenvalue weighted by Crippen LogP contribution is -3.14. The minimum Gasteiger partial charge on any atom is -0.497 e. The Hall–Kier alpha value is -2.38. The van der Waals surface area contributed by atoms with Crippen LogP contribution in [0.3, 0.4) is 0 Å². The summed E-state index contributed by atoms with van der Waals surface area (Å²) in [6.45, 7) is 4.80. The van der Waals surface area contributed by atoms with Crippen LogP contribution in [0.15, 0.2) is 24.3 Å². The van der Waals surface area contributed by atoms with E-state index in [9.17, 15) is 9.59 Å². The van der Waals surface area contributed by atoms with Crippen molar-refractivity contribution in [3.05, 3.63) is 40.3 Å². The highest BCUT2D eigenvalue weighted by atomic mass is 32.1. The van der Waals surface area contributed by atoms with Crippen LogP contribution in [0.4, 0.5) is 10.7 Å². The van der Waals surface area contributed by atoms with Crippen LogP contribution in [-0.2, 0) is 17.6 Å². The van der Waals surface area contributed by atoms with Gasteiger partial charge in [-0.25, -0.2) is 0 Å². The maximum atomic E-state index is 13.1. The van der Waals surface area contributed by atoms with Gasteiger partial charge in [0.25, 0.3) is 11.8 Å². The summed E-state index contributed by atoms with van der Waals surface area (Å²) in [7, 11) is 1.61. The van der Waals surface area contributed by atoms with Crippen LogP contribution in [0, 0.1) is 5.92 Å². The summed E-state index contributed by atoms with van der Waals surface area (Å²) in [4.78, 5) is 28.4. The van der Waals surface area contributed by atoms with Gasteiger partial charge in [-0.2, -0.15) is 0 Å². The highest BCUT2D eigenvalue weighted by Crippen LogP contribution is 2.39. The molecule has 1 aliphatic carbocycles. The highest BCUT2D eigenvalue weighted by Gasteiger charge is 2.29. The quantitative estimate of drug-likeness (QED) is 0.663. The fourth-order valence-electron chi connectivity index (χ4n) is 4.56. The molecule has 1 saturated heterocycles. The van der Waals surface area contributed by atoms with Crippen molar-refractivity contribution in [1.29, 1.82) is 0 Å². The Balaban J connectivity index is 1.48. The van der Waals surface area contributed by atoms with Crippen molar-refractivity contribution in [2.75, 3.05) is 37.4 Å². The third-order valence-corrected chi connectivity index (χ3v) is 7.23. The molecule has 1 aliphatic heterocycles. The van der Waals surface area contributed by atoms with Crippen molar-refractivity contribution in [1.82, 2.24) is 0 Å². The Kier molecular flexibility index (Phi) is 6.39. The van der Waals surface area contributed by atoms with Crippen molar-refractivity contribution >= 4 is 33.8 Å². The van der Waals surface area contributed by atoms with Crippen LogP contribution in [0.5, 0.6) is 5.75 Å². The van der Waals surface area contributed by atoms with Crippen LogP contribution in [0.1, 0.15) is 47.0 Å². The zero-order valence-corrected chi connectivity index (χ0v) is 18.5. The van der Waals surface area contributed by atoms with E-state index in [1.165, 1.54) is 22.6 Å². The average molecular weight is 429 g/mol. The second-order valence-electron chi connectivity index (χ2n) is 8.42. The van der Waals surface area contributed by atoms with Gasteiger partial charge in [0, 0.05) is 16.5 Å². The van der Waals surface area contributed by atoms with E-state index in [0.29, 0.717) is 28.7 Å². The Morgan fingerprint density at radius 3 is 2.70 bits per heavy atom. The van der Waals surface area contributed by atoms with Crippen LogP contribution < -0.4 is 20.3 Å². The molecule has 0 bridgehead atoms. The molecule has 2 heterocycles. The van der Waals surface area contributed by atoms with Gasteiger partial charge in [-0.05, 0) is 61.9 Å². The van der Waals surface area contributed by atoms with Gasteiger partial charge in [0.2, 0.25) is 0 Å². The second kappa shape index (κ2) is 9.18. The van der Waals surface area contributed by atoms with Crippen molar-refractivity contribution in [3.8, 4) is 5.75 Å². The van der Waals surface area contributed by atoms with Gasteiger partial charge in [0.05, 0.1) is 25.8 Å². The molecular formula is C23H30N3O3S+. The molecule has 2 amide bonds. The lowest BCUT2D eigenvalue weighted by Gasteiger charge is -2.27. The number of ether oxygens (including phenoxy) is 1. The summed E-state index contributed by atoms with van der Waals surface area (Å²) < 4.78 is 5.18. The van der Waals surface area contributed by atoms with Gasteiger partial charge in [0.15, 0.2) is 6.54 Å². The Labute approximate surface area is 181 Å². The number of quaternary nitrogens is 1. The predicted octanol–water partition coefficient (Wildman–Crippen LogP) is 2.75. The Morgan fingerprint density at radius 2 is 1.97 bits per heavy atom. The molecule has 2 aromatic rings. The standard InChI is InChI=1S/C23H29N3O3S/c1-15-5-4-12-26(13-15)14-20(27)25-23-21(18-6-3-7-19(18)30-23)22(28)24-16-8-10-17(29-2)11-9-16/h8-11,15H,3-7,12-14H2,1-2H3,(H,24,28)(H,25,27)/p+1/t15-/m0/s1. The number of methoxy groups -OCH3 is 1. The lowest BCUT2D eigenvalue weighted by molar-refractivity contribution is -0.900. The first-order chi connectivity index (χ1) is 14.5. The van der Waals surface area contributed by atoms with Crippen LogP contribution in [-0.4, -0.2) is 38.6 Å². The third kappa shape index (κ3) is 4.68. The van der Waals surface area contributed by atoms with E-state index in [-0.39, 0.29) is 11.8 Å². The smallest absolute Gasteiger partial charge is 0.280 e. The Bertz CT molecular complexity index is 923. The van der Waals surface area contributed by atoms with Crippen LogP contribution in [0.25, 0.3) is 0 Å². The molecule has 1 aromatic heterocycles. The molecule has 0 spiro atoms. The molecule has 2 aliphatic rings. The number of aryl methyl sites for hydroxylation is 1. The first-order valence-electron chi connectivity index (χ1n) is 10.8. The number of likely N-dealkylation sites (tertiary alicyclic amines) is 1. The number of carbonyl (C=O) groups excluding carboxylic acids is 2. The number of carbonyl (C=O) groups is 2. The number of hydrogen-bond donors (Lipinski definition) is 3. The van der Waals surface area contributed by atoms with Crippen molar-refractivity contribution < 1.29 is 19.2 Å². The molecule has 1 aromatic carbocycles. The summed E-state index contributed by atoms with van der Waals surface area (Å²) in [6.07, 6.45) is 5.36. The van der Waals surface area contributed by atoms with Crippen LogP contribution in [0.2, 0.25) is 0 Å². The van der Waals surface area contributed by atoms with E-state index in [2.05, 4.69) is 17.6 Å². The molecule has 6 nitrogen and oxygen atoms in total. The topological polar surface area (TPSA) is 71.9 Å². The number of piperidine rings is 1. The maximum absolute atomic E-state index is 13.1. The fourth-order valence-corrected chi connectivity index (χ4v) is 5.86. The second-order valence-corrected chi connectivity index (χ2v) is 9.53. The zero-order valence-electron chi connectivity index (χ0n) is 17.7. The van der Waals surface area contributed by atoms with E-state index in [1.54, 1.807) is 18.4 Å². The normalized spacial score (nSPS) is 20.5. The highest BCUT2D eigenvalue weighted by molar-refractivity contribution is 7.17. The Morgan fingerprint density at radius 1 is 1.17 bits per heavy atom. The zero-order chi connectivity index (χ0) is 21.1. The predicted molar refractivity (Wildman–Crippen MR) is 120 cm³/mol. The molecule has 4 rings (SSSR count). The molecule has 1 unspecified atom stereocenters. The summed E-state index contributed by atoms with van der Waals surface area (Å²) in [6, 6.07) is 7.28. The molecule has 0 saturated carbocycles. The van der Waals surface area contributed by atoms with E-state index >= 15 is 0 Å². The van der Waals surface area contributed by atoms with Gasteiger partial charge >= 0.3 is 0 Å². The lowest BCUT2D eigenvalue weighted by atomic mass is 10.0. The molecular weight excluding hydrogens is 398 g/mol. The van der Waals surface area contributed by atoms with Gasteiger partial charge in [-0.1, -0.05) is 6.92 Å². The minimum absolute atomic E-state index is 0.00230. The third-order valence-electron chi connectivity index (χ3n) is 6.02. The number of benzene rings is 1. The van der Waals surface area contributed by atoms with Crippen LogP contribution >= 0.6 is 11.3 Å². The monoisotopic (exact) mass is 428 g/mol. The molecule has 0 radical (unpaired) electrons. The molecule has 7 heteroatoms. The summed E-state index contributed by atoms with van der Waals surface area (Å²) >= 11 is 1.56. The van der Waals surface area contributed by atoms with Crippen molar-refractivity contribution in [3.63, 3.8) is 0 Å². The first kappa shape index (κ1) is 20.9. The number of rotatable bonds is 6. The number of thiophene rings is 1. The molecule has 3 N–H and O–H groups in total. The largest absolute Gasteiger partial charge is 0.497 e. The van der Waals surface area contributed by atoms with E-state index in [1.807, 2.05) is 24.3 Å². The first-order valence-corrected chi connectivity index (χ1v) is 11.6. The van der Waals surface area contributed by atoms with Gasteiger partial charge in [-0.15, -0.1) is 11.3 Å². The maximum Gasteiger partial charge on any atom is 0.280 e.